The molecule has 0 saturated heterocycles. The van der Waals surface area contributed by atoms with Crippen LogP contribution in [-0.2, 0) is 17.8 Å². The highest BCUT2D eigenvalue weighted by Gasteiger charge is 2.27. The molecule has 1 aliphatic heterocycles. The van der Waals surface area contributed by atoms with Gasteiger partial charge in [-0.05, 0) is 36.6 Å². The fourth-order valence-electron chi connectivity index (χ4n) is 3.06. The molecule has 114 valence electrons. The molecule has 1 aliphatic rings. The molecular formula is C19H22N2O. The quantitative estimate of drug-likeness (QED) is 0.868. The summed E-state index contributed by atoms with van der Waals surface area (Å²) in [6, 6.07) is 18.2. The second kappa shape index (κ2) is 6.32. The molecule has 3 rings (SSSR count). The van der Waals surface area contributed by atoms with E-state index in [1.165, 1.54) is 11.1 Å². The maximum Gasteiger partial charge on any atom is 0.243 e. The molecule has 1 atom stereocenters. The van der Waals surface area contributed by atoms with Crippen molar-refractivity contribution in [3.63, 3.8) is 0 Å². The van der Waals surface area contributed by atoms with E-state index in [1.807, 2.05) is 44.3 Å². The smallest absolute Gasteiger partial charge is 0.243 e. The van der Waals surface area contributed by atoms with Crippen LogP contribution in [0.25, 0.3) is 0 Å². The molecule has 0 N–H and O–H groups in total. The van der Waals surface area contributed by atoms with Crippen molar-refractivity contribution in [2.75, 3.05) is 18.5 Å². The number of hydrogen-bond donors (Lipinski definition) is 0. The minimum Gasteiger partial charge on any atom is -0.314 e. The van der Waals surface area contributed by atoms with Crippen LogP contribution in [0.15, 0.2) is 54.6 Å². The van der Waals surface area contributed by atoms with Crippen LogP contribution in [0.5, 0.6) is 0 Å². The maximum atomic E-state index is 12.7. The van der Waals surface area contributed by atoms with Gasteiger partial charge in [0.1, 0.15) is 0 Å². The summed E-state index contributed by atoms with van der Waals surface area (Å²) in [6.07, 6.45) is 1.02. The van der Waals surface area contributed by atoms with E-state index in [-0.39, 0.29) is 11.9 Å². The summed E-state index contributed by atoms with van der Waals surface area (Å²) in [6.45, 7) is 3.80. The van der Waals surface area contributed by atoms with Gasteiger partial charge in [0.15, 0.2) is 0 Å². The predicted octanol–water partition coefficient (Wildman–Crippen LogP) is 3.10. The number of benzene rings is 2. The molecule has 3 heteroatoms. The fraction of sp³-hybridized carbons (Fsp3) is 0.316. The monoisotopic (exact) mass is 294 g/mol. The highest BCUT2D eigenvalue weighted by Crippen LogP contribution is 2.22. The number of amides is 1. The van der Waals surface area contributed by atoms with E-state index in [2.05, 4.69) is 29.2 Å². The molecule has 1 heterocycles. The maximum absolute atomic E-state index is 12.7. The zero-order valence-corrected chi connectivity index (χ0v) is 13.2. The Hall–Kier alpha value is -2.13. The molecule has 0 radical (unpaired) electrons. The molecule has 0 aromatic heterocycles. The van der Waals surface area contributed by atoms with Crippen molar-refractivity contribution >= 4 is 11.6 Å². The van der Waals surface area contributed by atoms with Gasteiger partial charge < -0.3 is 4.90 Å². The van der Waals surface area contributed by atoms with Crippen molar-refractivity contribution in [3.05, 3.63) is 65.7 Å². The summed E-state index contributed by atoms with van der Waals surface area (Å²) in [4.78, 5) is 16.8. The molecule has 0 bridgehead atoms. The van der Waals surface area contributed by atoms with E-state index in [9.17, 15) is 4.79 Å². The number of carbonyl (C=O) groups excluding carboxylic acids is 1. The topological polar surface area (TPSA) is 23.6 Å². The van der Waals surface area contributed by atoms with Gasteiger partial charge in [-0.2, -0.15) is 0 Å². The van der Waals surface area contributed by atoms with Gasteiger partial charge in [-0.1, -0.05) is 42.5 Å². The summed E-state index contributed by atoms with van der Waals surface area (Å²) in [5, 5.41) is 0. The van der Waals surface area contributed by atoms with Crippen LogP contribution in [0, 0.1) is 0 Å². The van der Waals surface area contributed by atoms with Gasteiger partial charge in [-0.15, -0.1) is 0 Å². The molecule has 22 heavy (non-hydrogen) atoms. The van der Waals surface area contributed by atoms with Crippen LogP contribution < -0.4 is 4.90 Å². The van der Waals surface area contributed by atoms with Crippen LogP contribution in [0.2, 0.25) is 0 Å². The predicted molar refractivity (Wildman–Crippen MR) is 89.9 cm³/mol. The second-order valence-corrected chi connectivity index (χ2v) is 5.90. The lowest BCUT2D eigenvalue weighted by Gasteiger charge is -2.34. The van der Waals surface area contributed by atoms with E-state index in [1.54, 1.807) is 4.90 Å². The van der Waals surface area contributed by atoms with Crippen molar-refractivity contribution in [1.82, 2.24) is 4.90 Å². The first kappa shape index (κ1) is 14.8. The van der Waals surface area contributed by atoms with Crippen molar-refractivity contribution in [1.29, 1.82) is 0 Å². The first-order chi connectivity index (χ1) is 10.7. The Balaban J connectivity index is 1.72. The summed E-state index contributed by atoms with van der Waals surface area (Å²) in [5.74, 6) is 0.144. The zero-order valence-electron chi connectivity index (χ0n) is 13.2. The van der Waals surface area contributed by atoms with Crippen LogP contribution >= 0.6 is 0 Å². The first-order valence-corrected chi connectivity index (χ1v) is 7.80. The molecule has 3 nitrogen and oxygen atoms in total. The van der Waals surface area contributed by atoms with Gasteiger partial charge in [0.2, 0.25) is 5.91 Å². The number of fused-ring (bicyclic) bond motifs is 1. The average molecular weight is 294 g/mol. The molecule has 1 amide bonds. The van der Waals surface area contributed by atoms with Crippen molar-refractivity contribution in [2.24, 2.45) is 0 Å². The highest BCUT2D eigenvalue weighted by molar-refractivity contribution is 5.96. The molecule has 0 fully saturated rings. The SMILES string of the molecule is C[C@@H](C(=O)N(C)c1ccccc1)N1CCc2ccccc2C1. The number of anilines is 1. The van der Waals surface area contributed by atoms with Crippen molar-refractivity contribution in [2.45, 2.75) is 25.9 Å². The normalized spacial score (nSPS) is 15.9. The molecule has 2 aromatic rings. The van der Waals surface area contributed by atoms with Gasteiger partial charge in [0.25, 0.3) is 0 Å². The van der Waals surface area contributed by atoms with Crippen molar-refractivity contribution < 1.29 is 4.79 Å². The standard InChI is InChI=1S/C19H22N2O/c1-15(19(22)20(2)18-10-4-3-5-11-18)21-13-12-16-8-6-7-9-17(16)14-21/h3-11,15H,12-14H2,1-2H3/t15-/m0/s1. The van der Waals surface area contributed by atoms with E-state index in [0.717, 1.165) is 25.2 Å². The van der Waals surface area contributed by atoms with Crippen LogP contribution in [-0.4, -0.2) is 30.4 Å². The van der Waals surface area contributed by atoms with E-state index >= 15 is 0 Å². The molecule has 0 unspecified atom stereocenters. The van der Waals surface area contributed by atoms with Crippen LogP contribution in [0.4, 0.5) is 5.69 Å². The fourth-order valence-corrected chi connectivity index (χ4v) is 3.06. The second-order valence-electron chi connectivity index (χ2n) is 5.90. The van der Waals surface area contributed by atoms with Gasteiger partial charge in [-0.25, -0.2) is 0 Å². The van der Waals surface area contributed by atoms with E-state index in [0.29, 0.717) is 0 Å². The lowest BCUT2D eigenvalue weighted by molar-refractivity contribution is -0.123. The molecule has 2 aromatic carbocycles. The Bertz CT molecular complexity index is 653. The van der Waals surface area contributed by atoms with Gasteiger partial charge >= 0.3 is 0 Å². The number of para-hydroxylation sites is 1. The third kappa shape index (κ3) is 2.90. The Morgan fingerprint density at radius 2 is 1.68 bits per heavy atom. The molecule has 0 aliphatic carbocycles. The third-order valence-electron chi connectivity index (χ3n) is 4.54. The van der Waals surface area contributed by atoms with Crippen molar-refractivity contribution in [3.8, 4) is 0 Å². The lowest BCUT2D eigenvalue weighted by Crippen LogP contribution is -2.47. The zero-order chi connectivity index (χ0) is 15.5. The Morgan fingerprint density at radius 3 is 2.41 bits per heavy atom. The number of hydrogen-bond acceptors (Lipinski definition) is 2. The average Bonchev–Trinajstić information content (AvgIpc) is 2.60. The number of nitrogens with zero attached hydrogens (tertiary/aromatic N) is 2. The Morgan fingerprint density at radius 1 is 1.05 bits per heavy atom. The van der Waals surface area contributed by atoms with Gasteiger partial charge in [-0.3, -0.25) is 9.69 Å². The third-order valence-corrected chi connectivity index (χ3v) is 4.54. The minimum absolute atomic E-state index is 0.112. The van der Waals surface area contributed by atoms with E-state index < -0.39 is 0 Å². The highest BCUT2D eigenvalue weighted by atomic mass is 16.2. The molecule has 0 spiro atoms. The largest absolute Gasteiger partial charge is 0.314 e. The number of rotatable bonds is 3. The Kier molecular flexibility index (Phi) is 4.25. The van der Waals surface area contributed by atoms with Gasteiger partial charge in [0.05, 0.1) is 6.04 Å². The number of carbonyl (C=O) groups is 1. The number of likely N-dealkylation sites (N-methyl/N-ethyl adjacent to an activating group) is 1. The Labute approximate surface area is 132 Å². The summed E-state index contributed by atoms with van der Waals surface area (Å²) >= 11 is 0. The van der Waals surface area contributed by atoms with Crippen LogP contribution in [0.1, 0.15) is 18.1 Å². The van der Waals surface area contributed by atoms with Gasteiger partial charge in [0, 0.05) is 25.8 Å². The van der Waals surface area contributed by atoms with E-state index in [4.69, 9.17) is 0 Å². The lowest BCUT2D eigenvalue weighted by atomic mass is 9.98. The first-order valence-electron chi connectivity index (χ1n) is 7.80. The molecular weight excluding hydrogens is 272 g/mol. The summed E-state index contributed by atoms with van der Waals surface area (Å²) in [7, 11) is 1.85. The summed E-state index contributed by atoms with van der Waals surface area (Å²) in [5.41, 5.74) is 3.70. The minimum atomic E-state index is -0.112. The van der Waals surface area contributed by atoms with Crippen LogP contribution in [0.3, 0.4) is 0 Å². The molecule has 0 saturated carbocycles. The summed E-state index contributed by atoms with van der Waals surface area (Å²) < 4.78 is 0.